The molecule has 1 aliphatic rings. The number of carbonyl (C=O) groups excluding carboxylic acids is 2. The van der Waals surface area contributed by atoms with Crippen molar-refractivity contribution in [1.29, 1.82) is 0 Å². The van der Waals surface area contributed by atoms with Gasteiger partial charge in [-0.2, -0.15) is 13.2 Å². The van der Waals surface area contributed by atoms with Crippen LogP contribution in [0.15, 0.2) is 30.6 Å². The van der Waals surface area contributed by atoms with E-state index in [4.69, 9.17) is 5.73 Å². The minimum atomic E-state index is -4.45. The molecule has 7 nitrogen and oxygen atoms in total. The van der Waals surface area contributed by atoms with Crippen LogP contribution in [0.25, 0.3) is 0 Å². The molecule has 2 aromatic rings. The number of primary amides is 1. The van der Waals surface area contributed by atoms with Crippen molar-refractivity contribution in [2.24, 2.45) is 11.1 Å². The lowest BCUT2D eigenvalue weighted by Gasteiger charge is -2.29. The number of nitrogens with one attached hydrogen (secondary N) is 1. The fourth-order valence-electron chi connectivity index (χ4n) is 4.26. The summed E-state index contributed by atoms with van der Waals surface area (Å²) in [5.41, 5.74) is 3.84. The Morgan fingerprint density at radius 1 is 1.20 bits per heavy atom. The third-order valence-electron chi connectivity index (χ3n) is 6.65. The molecular weight excluding hydrogens is 466 g/mol. The first-order valence-electron chi connectivity index (χ1n) is 11.2. The van der Waals surface area contributed by atoms with E-state index >= 15 is 0 Å². The molecule has 0 aliphatic heterocycles. The molecule has 2 atom stereocenters. The summed E-state index contributed by atoms with van der Waals surface area (Å²) in [6, 6.07) is 3.83. The molecule has 0 saturated heterocycles. The summed E-state index contributed by atoms with van der Waals surface area (Å²) in [4.78, 5) is 33.9. The second-order valence-corrected chi connectivity index (χ2v) is 9.28. The number of aromatic nitrogens is 2. The molecule has 2 amide bonds. The summed E-state index contributed by atoms with van der Waals surface area (Å²) in [5.74, 6) is -2.78. The molecule has 35 heavy (non-hydrogen) atoms. The molecule has 0 bridgehead atoms. The first-order chi connectivity index (χ1) is 16.3. The highest BCUT2D eigenvalue weighted by atomic mass is 19.4. The normalized spacial score (nSPS) is 16.6. The van der Waals surface area contributed by atoms with Gasteiger partial charge in [-0.25, -0.2) is 14.4 Å². The second-order valence-electron chi connectivity index (χ2n) is 9.28. The summed E-state index contributed by atoms with van der Waals surface area (Å²) in [6.07, 6.45) is -1.84. The maximum Gasteiger partial charge on any atom is 0.395 e. The van der Waals surface area contributed by atoms with Crippen molar-refractivity contribution in [1.82, 2.24) is 20.2 Å². The molecule has 1 fully saturated rings. The molecule has 11 heteroatoms. The van der Waals surface area contributed by atoms with Crippen LogP contribution in [-0.4, -0.2) is 59.5 Å². The zero-order valence-corrected chi connectivity index (χ0v) is 19.8. The zero-order valence-electron chi connectivity index (χ0n) is 19.8. The fraction of sp³-hybridized carbons (Fsp3) is 0.500. The van der Waals surface area contributed by atoms with Gasteiger partial charge in [0, 0.05) is 37.3 Å². The van der Waals surface area contributed by atoms with E-state index in [0.717, 1.165) is 0 Å². The van der Waals surface area contributed by atoms with E-state index in [-0.39, 0.29) is 43.0 Å². The highest BCUT2D eigenvalue weighted by Crippen LogP contribution is 2.66. The molecule has 190 valence electrons. The monoisotopic (exact) mass is 495 g/mol. The fourth-order valence-corrected chi connectivity index (χ4v) is 4.26. The summed E-state index contributed by atoms with van der Waals surface area (Å²) in [5, 5.41) is 2.73. The Hall–Kier alpha value is -3.08. The van der Waals surface area contributed by atoms with Crippen molar-refractivity contribution in [3.8, 4) is 0 Å². The predicted octanol–water partition coefficient (Wildman–Crippen LogP) is 3.13. The summed E-state index contributed by atoms with van der Waals surface area (Å²) < 4.78 is 55.8. The Morgan fingerprint density at radius 3 is 2.31 bits per heavy atom. The van der Waals surface area contributed by atoms with Gasteiger partial charge in [-0.15, -0.1) is 0 Å². The van der Waals surface area contributed by atoms with E-state index in [2.05, 4.69) is 15.3 Å². The van der Waals surface area contributed by atoms with Gasteiger partial charge < -0.3 is 16.0 Å². The lowest BCUT2D eigenvalue weighted by Crippen LogP contribution is -2.42. The maximum absolute atomic E-state index is 14.1. The van der Waals surface area contributed by atoms with Crippen LogP contribution in [0.5, 0.6) is 0 Å². The van der Waals surface area contributed by atoms with Crippen LogP contribution in [0.4, 0.5) is 17.6 Å². The van der Waals surface area contributed by atoms with E-state index in [1.165, 1.54) is 24.5 Å². The van der Waals surface area contributed by atoms with Crippen molar-refractivity contribution in [2.75, 3.05) is 20.6 Å². The first kappa shape index (κ1) is 26.5. The van der Waals surface area contributed by atoms with Gasteiger partial charge in [0.2, 0.25) is 5.91 Å². The molecule has 3 rings (SSSR count). The molecule has 0 spiro atoms. The summed E-state index contributed by atoms with van der Waals surface area (Å²) in [7, 11) is 3.56. The van der Waals surface area contributed by atoms with Crippen molar-refractivity contribution in [2.45, 2.75) is 50.7 Å². The molecule has 3 N–H and O–H groups in total. The van der Waals surface area contributed by atoms with Gasteiger partial charge in [0.15, 0.2) is 0 Å². The Kier molecular flexibility index (Phi) is 7.78. The summed E-state index contributed by atoms with van der Waals surface area (Å²) >= 11 is 0. The Bertz CT molecular complexity index is 1070. The maximum atomic E-state index is 14.1. The van der Waals surface area contributed by atoms with Gasteiger partial charge in [-0.3, -0.25) is 9.59 Å². The number of halogens is 4. The topological polar surface area (TPSA) is 101 Å². The van der Waals surface area contributed by atoms with Crippen LogP contribution in [0.3, 0.4) is 0 Å². The quantitative estimate of drug-likeness (QED) is 0.494. The van der Waals surface area contributed by atoms with Crippen LogP contribution in [0.1, 0.15) is 52.5 Å². The average molecular weight is 496 g/mol. The van der Waals surface area contributed by atoms with Crippen LogP contribution in [0, 0.1) is 18.2 Å². The van der Waals surface area contributed by atoms with Gasteiger partial charge in [-0.05, 0) is 63.5 Å². The molecule has 1 saturated carbocycles. The van der Waals surface area contributed by atoms with Crippen molar-refractivity contribution in [3.63, 3.8) is 0 Å². The van der Waals surface area contributed by atoms with E-state index in [1.54, 1.807) is 27.1 Å². The van der Waals surface area contributed by atoms with Crippen LogP contribution >= 0.6 is 0 Å². The average Bonchev–Trinajstić information content (AvgIpc) is 3.57. The van der Waals surface area contributed by atoms with Crippen LogP contribution < -0.4 is 11.1 Å². The van der Waals surface area contributed by atoms with Gasteiger partial charge in [0.05, 0.1) is 11.0 Å². The second kappa shape index (κ2) is 10.3. The minimum absolute atomic E-state index is 0.0461. The SMILES string of the molecule is Cc1ncc(C(CC(=O)NCC(Cc2ccc(C(N)=O)c(F)c2)N(C)C)C2(C(F)(F)F)CC2)cn1. The number of nitrogens with zero attached hydrogens (tertiary/aromatic N) is 3. The smallest absolute Gasteiger partial charge is 0.366 e. The lowest BCUT2D eigenvalue weighted by atomic mass is 9.81. The highest BCUT2D eigenvalue weighted by molar-refractivity contribution is 5.93. The van der Waals surface area contributed by atoms with Gasteiger partial charge >= 0.3 is 6.18 Å². The van der Waals surface area contributed by atoms with E-state index in [1.807, 2.05) is 4.90 Å². The Labute approximate surface area is 201 Å². The molecule has 0 radical (unpaired) electrons. The molecule has 1 aromatic carbocycles. The first-order valence-corrected chi connectivity index (χ1v) is 11.2. The lowest BCUT2D eigenvalue weighted by molar-refractivity contribution is -0.194. The Balaban J connectivity index is 1.70. The number of amides is 2. The van der Waals surface area contributed by atoms with Gasteiger partial charge in [0.1, 0.15) is 11.6 Å². The molecule has 1 aromatic heterocycles. The number of hydrogen-bond donors (Lipinski definition) is 2. The van der Waals surface area contributed by atoms with E-state index in [0.29, 0.717) is 17.8 Å². The predicted molar refractivity (Wildman–Crippen MR) is 121 cm³/mol. The molecule has 1 heterocycles. The molecular formula is C24H29F4N5O2. The van der Waals surface area contributed by atoms with Gasteiger partial charge in [0.25, 0.3) is 5.91 Å². The number of carbonyl (C=O) groups is 2. The zero-order chi connectivity index (χ0) is 26.0. The standard InChI is InChI=1S/C24H29F4N5O2/c1-14-30-11-16(12-31-14)19(23(6-7-23)24(26,27)28)10-21(34)32-13-17(33(2)3)8-15-4-5-18(22(29)35)20(25)9-15/h4-5,9,11-12,17,19H,6-8,10,13H2,1-3H3,(H2,29,35)(H,32,34). The van der Waals surface area contributed by atoms with Gasteiger partial charge in [-0.1, -0.05) is 6.07 Å². The van der Waals surface area contributed by atoms with Crippen molar-refractivity contribution >= 4 is 11.8 Å². The number of benzene rings is 1. The number of aryl methyl sites for hydroxylation is 1. The highest BCUT2D eigenvalue weighted by Gasteiger charge is 2.67. The number of rotatable bonds is 10. The van der Waals surface area contributed by atoms with Crippen molar-refractivity contribution in [3.05, 3.63) is 58.9 Å². The van der Waals surface area contributed by atoms with E-state index < -0.39 is 35.1 Å². The number of hydrogen-bond acceptors (Lipinski definition) is 5. The third-order valence-corrected chi connectivity index (χ3v) is 6.65. The number of likely N-dealkylation sites (N-methyl/N-ethyl adjacent to an activating group) is 1. The van der Waals surface area contributed by atoms with E-state index in [9.17, 15) is 27.2 Å². The summed E-state index contributed by atoms with van der Waals surface area (Å²) in [6.45, 7) is 1.78. The van der Waals surface area contributed by atoms with Crippen molar-refractivity contribution < 1.29 is 27.2 Å². The molecule has 1 aliphatic carbocycles. The van der Waals surface area contributed by atoms with Crippen LogP contribution in [0.2, 0.25) is 0 Å². The third kappa shape index (κ3) is 6.14. The minimum Gasteiger partial charge on any atom is -0.366 e. The molecule has 2 unspecified atom stereocenters. The Morgan fingerprint density at radius 2 is 1.83 bits per heavy atom. The largest absolute Gasteiger partial charge is 0.395 e. The number of alkyl halides is 3. The van der Waals surface area contributed by atoms with Crippen LogP contribution in [-0.2, 0) is 11.2 Å². The number of nitrogens with two attached hydrogens (primary N) is 1.